The van der Waals surface area contributed by atoms with E-state index in [0.29, 0.717) is 12.5 Å². The smallest absolute Gasteiger partial charge is 0.163 e. The van der Waals surface area contributed by atoms with E-state index in [-0.39, 0.29) is 0 Å². The molecule has 1 atom stereocenters. The van der Waals surface area contributed by atoms with Crippen molar-refractivity contribution in [2.75, 3.05) is 0 Å². The summed E-state index contributed by atoms with van der Waals surface area (Å²) in [4.78, 5) is 0. The highest BCUT2D eigenvalue weighted by molar-refractivity contribution is 5.56. The van der Waals surface area contributed by atoms with Gasteiger partial charge in [0.2, 0.25) is 0 Å². The van der Waals surface area contributed by atoms with Gasteiger partial charge in [0.15, 0.2) is 5.82 Å². The van der Waals surface area contributed by atoms with Gasteiger partial charge in [-0.25, -0.2) is 0 Å². The zero-order chi connectivity index (χ0) is 12.5. The first-order valence-electron chi connectivity index (χ1n) is 6.49. The van der Waals surface area contributed by atoms with Crippen molar-refractivity contribution in [3.8, 4) is 11.4 Å². The second-order valence-corrected chi connectivity index (χ2v) is 5.09. The third kappa shape index (κ3) is 1.93. The molecule has 4 nitrogen and oxygen atoms in total. The molecular weight excluding hydrogens is 224 g/mol. The predicted octanol–water partition coefficient (Wildman–Crippen LogP) is 1.99. The zero-order valence-corrected chi connectivity index (χ0v) is 10.6. The first kappa shape index (κ1) is 11.4. The van der Waals surface area contributed by atoms with Crippen LogP contribution in [0.25, 0.3) is 11.4 Å². The molecular formula is C14H18N4. The number of nitrogens with zero attached hydrogens (tertiary/aromatic N) is 3. The van der Waals surface area contributed by atoms with Gasteiger partial charge in [0, 0.05) is 25.1 Å². The highest BCUT2D eigenvalue weighted by Gasteiger charge is 2.20. The molecule has 2 aromatic rings. The van der Waals surface area contributed by atoms with Crippen LogP contribution in [0.5, 0.6) is 0 Å². The minimum atomic E-state index is 0.561. The van der Waals surface area contributed by atoms with Gasteiger partial charge in [-0.1, -0.05) is 25.1 Å². The quantitative estimate of drug-likeness (QED) is 0.876. The summed E-state index contributed by atoms with van der Waals surface area (Å²) in [5, 5.41) is 8.67. The fraction of sp³-hybridized carbons (Fsp3) is 0.429. The van der Waals surface area contributed by atoms with Crippen LogP contribution in [0.4, 0.5) is 0 Å². The van der Waals surface area contributed by atoms with Crippen LogP contribution in [0.1, 0.15) is 24.7 Å². The summed E-state index contributed by atoms with van der Waals surface area (Å²) in [6.07, 6.45) is 2.23. The summed E-state index contributed by atoms with van der Waals surface area (Å²) in [5.41, 5.74) is 7.94. The van der Waals surface area contributed by atoms with Crippen molar-refractivity contribution in [1.29, 1.82) is 0 Å². The number of nitrogens with two attached hydrogens (primary N) is 1. The topological polar surface area (TPSA) is 56.7 Å². The molecule has 0 bridgehead atoms. The molecule has 0 aliphatic carbocycles. The summed E-state index contributed by atoms with van der Waals surface area (Å²) < 4.78 is 2.25. The van der Waals surface area contributed by atoms with Crippen molar-refractivity contribution in [2.24, 2.45) is 11.7 Å². The standard InChI is InChI=1S/C14H18N4/c1-10-5-6-18-13(7-10)16-17-14(18)12-4-2-3-11(8-12)9-15/h2-4,8,10H,5-7,9,15H2,1H3. The third-order valence-corrected chi connectivity index (χ3v) is 3.62. The minimum Gasteiger partial charge on any atom is -0.326 e. The van der Waals surface area contributed by atoms with E-state index in [2.05, 4.69) is 33.8 Å². The Morgan fingerprint density at radius 1 is 1.39 bits per heavy atom. The fourth-order valence-corrected chi connectivity index (χ4v) is 2.54. The van der Waals surface area contributed by atoms with Crippen LogP contribution in [-0.2, 0) is 19.5 Å². The van der Waals surface area contributed by atoms with Crippen molar-refractivity contribution < 1.29 is 0 Å². The van der Waals surface area contributed by atoms with Crippen molar-refractivity contribution >= 4 is 0 Å². The maximum Gasteiger partial charge on any atom is 0.163 e. The van der Waals surface area contributed by atoms with E-state index >= 15 is 0 Å². The largest absolute Gasteiger partial charge is 0.326 e. The molecule has 1 aliphatic heterocycles. The number of fused-ring (bicyclic) bond motifs is 1. The molecule has 94 valence electrons. The molecule has 0 radical (unpaired) electrons. The molecule has 0 spiro atoms. The SMILES string of the molecule is CC1CCn2c(nnc2-c2cccc(CN)c2)C1. The van der Waals surface area contributed by atoms with E-state index < -0.39 is 0 Å². The number of aromatic nitrogens is 3. The van der Waals surface area contributed by atoms with Gasteiger partial charge in [-0.05, 0) is 24.0 Å². The van der Waals surface area contributed by atoms with Crippen LogP contribution in [0.3, 0.4) is 0 Å². The van der Waals surface area contributed by atoms with Crippen molar-refractivity contribution in [1.82, 2.24) is 14.8 Å². The summed E-state index contributed by atoms with van der Waals surface area (Å²) in [6.45, 7) is 3.85. The third-order valence-electron chi connectivity index (χ3n) is 3.62. The van der Waals surface area contributed by atoms with Gasteiger partial charge in [-0.15, -0.1) is 10.2 Å². The molecule has 18 heavy (non-hydrogen) atoms. The molecule has 2 N–H and O–H groups in total. The number of rotatable bonds is 2. The number of hydrogen-bond donors (Lipinski definition) is 1. The predicted molar refractivity (Wildman–Crippen MR) is 70.8 cm³/mol. The molecule has 1 aromatic heterocycles. The van der Waals surface area contributed by atoms with E-state index in [1.54, 1.807) is 0 Å². The minimum absolute atomic E-state index is 0.561. The molecule has 2 heterocycles. The lowest BCUT2D eigenvalue weighted by atomic mass is 10.00. The maximum atomic E-state index is 5.69. The van der Waals surface area contributed by atoms with E-state index in [0.717, 1.165) is 35.7 Å². The Hall–Kier alpha value is -1.68. The van der Waals surface area contributed by atoms with Crippen molar-refractivity contribution in [3.63, 3.8) is 0 Å². The van der Waals surface area contributed by atoms with Crippen LogP contribution in [-0.4, -0.2) is 14.8 Å². The zero-order valence-electron chi connectivity index (χ0n) is 10.6. The molecule has 1 unspecified atom stereocenters. The fourth-order valence-electron chi connectivity index (χ4n) is 2.54. The van der Waals surface area contributed by atoms with Gasteiger partial charge < -0.3 is 10.3 Å². The summed E-state index contributed by atoms with van der Waals surface area (Å²) >= 11 is 0. The van der Waals surface area contributed by atoms with Crippen LogP contribution >= 0.6 is 0 Å². The first-order valence-corrected chi connectivity index (χ1v) is 6.49. The Morgan fingerprint density at radius 3 is 3.11 bits per heavy atom. The summed E-state index contributed by atoms with van der Waals surface area (Å²) in [6, 6.07) is 8.26. The van der Waals surface area contributed by atoms with Gasteiger partial charge in [0.05, 0.1) is 0 Å². The Labute approximate surface area is 107 Å². The van der Waals surface area contributed by atoms with E-state index in [1.165, 1.54) is 6.42 Å². The first-order chi connectivity index (χ1) is 8.78. The van der Waals surface area contributed by atoms with E-state index in [9.17, 15) is 0 Å². The van der Waals surface area contributed by atoms with E-state index in [4.69, 9.17) is 5.73 Å². The Kier molecular flexibility index (Phi) is 2.88. The number of benzene rings is 1. The van der Waals surface area contributed by atoms with Gasteiger partial charge in [-0.3, -0.25) is 0 Å². The molecule has 3 rings (SSSR count). The van der Waals surface area contributed by atoms with Crippen LogP contribution in [0, 0.1) is 5.92 Å². The summed E-state index contributed by atoms with van der Waals surface area (Å²) in [5.74, 6) is 2.80. The van der Waals surface area contributed by atoms with Crippen LogP contribution in [0.15, 0.2) is 24.3 Å². The van der Waals surface area contributed by atoms with E-state index in [1.807, 2.05) is 12.1 Å². The Bertz CT molecular complexity index is 559. The maximum absolute atomic E-state index is 5.69. The molecule has 1 aromatic carbocycles. The lowest BCUT2D eigenvalue weighted by Crippen LogP contribution is -2.18. The molecule has 0 saturated heterocycles. The Balaban J connectivity index is 2.02. The number of hydrogen-bond acceptors (Lipinski definition) is 3. The summed E-state index contributed by atoms with van der Waals surface area (Å²) in [7, 11) is 0. The van der Waals surface area contributed by atoms with Gasteiger partial charge in [0.1, 0.15) is 5.82 Å². The molecule has 0 fully saturated rings. The van der Waals surface area contributed by atoms with Gasteiger partial charge in [0.25, 0.3) is 0 Å². The van der Waals surface area contributed by atoms with Crippen molar-refractivity contribution in [2.45, 2.75) is 32.9 Å². The second kappa shape index (κ2) is 4.53. The average Bonchev–Trinajstić information content (AvgIpc) is 2.81. The lowest BCUT2D eigenvalue weighted by molar-refractivity contribution is 0.411. The molecule has 0 saturated carbocycles. The lowest BCUT2D eigenvalue weighted by Gasteiger charge is -2.20. The molecule has 4 heteroatoms. The van der Waals surface area contributed by atoms with Crippen LogP contribution in [0.2, 0.25) is 0 Å². The molecule has 0 amide bonds. The highest BCUT2D eigenvalue weighted by Crippen LogP contribution is 2.25. The van der Waals surface area contributed by atoms with Gasteiger partial charge >= 0.3 is 0 Å². The monoisotopic (exact) mass is 242 g/mol. The van der Waals surface area contributed by atoms with Crippen molar-refractivity contribution in [3.05, 3.63) is 35.7 Å². The molecule has 1 aliphatic rings. The highest BCUT2D eigenvalue weighted by atomic mass is 15.3. The van der Waals surface area contributed by atoms with Crippen LogP contribution < -0.4 is 5.73 Å². The van der Waals surface area contributed by atoms with Gasteiger partial charge in [-0.2, -0.15) is 0 Å². The Morgan fingerprint density at radius 2 is 2.28 bits per heavy atom. The normalized spacial score (nSPS) is 18.7. The second-order valence-electron chi connectivity index (χ2n) is 5.09. The average molecular weight is 242 g/mol.